The van der Waals surface area contributed by atoms with Crippen LogP contribution in [0.5, 0.6) is 0 Å². The van der Waals surface area contributed by atoms with Crippen LogP contribution < -0.4 is 0 Å². The molecule has 2 aromatic rings. The molecule has 0 saturated heterocycles. The van der Waals surface area contributed by atoms with Crippen molar-refractivity contribution in [3.8, 4) is 11.8 Å². The van der Waals surface area contributed by atoms with Gasteiger partial charge in [0.15, 0.2) is 0 Å². The van der Waals surface area contributed by atoms with Gasteiger partial charge in [-0.05, 0) is 38.1 Å². The Labute approximate surface area is 104 Å². The van der Waals surface area contributed by atoms with Crippen molar-refractivity contribution in [3.63, 3.8) is 0 Å². The predicted octanol–water partition coefficient (Wildman–Crippen LogP) is 3.76. The van der Waals surface area contributed by atoms with E-state index in [-0.39, 0.29) is 5.02 Å². The van der Waals surface area contributed by atoms with Crippen molar-refractivity contribution < 1.29 is 4.39 Å². The highest BCUT2D eigenvalue weighted by Crippen LogP contribution is 2.24. The molecular formula is C13H10ClFN2. The van der Waals surface area contributed by atoms with Crippen molar-refractivity contribution >= 4 is 11.6 Å². The van der Waals surface area contributed by atoms with E-state index in [9.17, 15) is 4.39 Å². The SMILES string of the molecule is Cc1cc(C#N)c(C)n1-c1ccc(F)c(Cl)c1. The first-order valence-electron chi connectivity index (χ1n) is 5.09. The summed E-state index contributed by atoms with van der Waals surface area (Å²) in [6, 6.07) is 8.44. The van der Waals surface area contributed by atoms with Gasteiger partial charge in [-0.15, -0.1) is 0 Å². The Morgan fingerprint density at radius 1 is 1.29 bits per heavy atom. The van der Waals surface area contributed by atoms with Gasteiger partial charge in [-0.2, -0.15) is 5.26 Å². The minimum atomic E-state index is -0.446. The van der Waals surface area contributed by atoms with E-state index >= 15 is 0 Å². The molecule has 1 heterocycles. The zero-order chi connectivity index (χ0) is 12.6. The lowest BCUT2D eigenvalue weighted by Gasteiger charge is -2.09. The molecule has 2 rings (SSSR count). The molecule has 0 fully saturated rings. The van der Waals surface area contributed by atoms with Crippen LogP contribution in [0.2, 0.25) is 5.02 Å². The third-order valence-corrected chi connectivity index (χ3v) is 3.00. The minimum absolute atomic E-state index is 0.0773. The van der Waals surface area contributed by atoms with Crippen LogP contribution in [0.3, 0.4) is 0 Å². The van der Waals surface area contributed by atoms with Gasteiger partial charge < -0.3 is 4.57 Å². The van der Waals surface area contributed by atoms with Crippen LogP contribution in [0.25, 0.3) is 5.69 Å². The molecule has 0 aliphatic heterocycles. The smallest absolute Gasteiger partial charge is 0.141 e. The first-order valence-corrected chi connectivity index (χ1v) is 5.47. The number of aromatic nitrogens is 1. The minimum Gasteiger partial charge on any atom is -0.317 e. The summed E-state index contributed by atoms with van der Waals surface area (Å²) < 4.78 is 15.0. The van der Waals surface area contributed by atoms with E-state index in [1.165, 1.54) is 6.07 Å². The van der Waals surface area contributed by atoms with Crippen molar-refractivity contribution in [1.29, 1.82) is 5.26 Å². The van der Waals surface area contributed by atoms with Crippen LogP contribution in [0.1, 0.15) is 17.0 Å². The third-order valence-electron chi connectivity index (χ3n) is 2.71. The zero-order valence-corrected chi connectivity index (χ0v) is 10.2. The second-order valence-corrected chi connectivity index (χ2v) is 4.24. The molecule has 0 aliphatic carbocycles. The van der Waals surface area contributed by atoms with Crippen molar-refractivity contribution in [2.45, 2.75) is 13.8 Å². The van der Waals surface area contributed by atoms with Crippen LogP contribution in [0.15, 0.2) is 24.3 Å². The fraction of sp³-hybridized carbons (Fsp3) is 0.154. The van der Waals surface area contributed by atoms with E-state index in [2.05, 4.69) is 6.07 Å². The molecule has 4 heteroatoms. The number of rotatable bonds is 1. The maximum Gasteiger partial charge on any atom is 0.141 e. The van der Waals surface area contributed by atoms with Crippen LogP contribution in [-0.4, -0.2) is 4.57 Å². The monoisotopic (exact) mass is 248 g/mol. The molecule has 0 N–H and O–H groups in total. The molecule has 0 bridgehead atoms. The molecule has 1 aromatic carbocycles. The highest BCUT2D eigenvalue weighted by molar-refractivity contribution is 6.30. The fourth-order valence-corrected chi connectivity index (χ4v) is 2.07. The quantitative estimate of drug-likeness (QED) is 0.755. The lowest BCUT2D eigenvalue weighted by atomic mass is 10.2. The van der Waals surface area contributed by atoms with Crippen LogP contribution in [0, 0.1) is 31.0 Å². The number of nitriles is 1. The normalized spacial score (nSPS) is 10.3. The van der Waals surface area contributed by atoms with E-state index in [1.807, 2.05) is 18.4 Å². The van der Waals surface area contributed by atoms with Crippen molar-refractivity contribution in [2.24, 2.45) is 0 Å². The molecule has 0 radical (unpaired) electrons. The molecule has 17 heavy (non-hydrogen) atoms. The molecule has 0 saturated carbocycles. The van der Waals surface area contributed by atoms with Crippen LogP contribution >= 0.6 is 11.6 Å². The Morgan fingerprint density at radius 3 is 2.53 bits per heavy atom. The molecule has 86 valence electrons. The van der Waals surface area contributed by atoms with Gasteiger partial charge in [-0.1, -0.05) is 11.6 Å². The van der Waals surface area contributed by atoms with Gasteiger partial charge in [0.25, 0.3) is 0 Å². The summed E-state index contributed by atoms with van der Waals surface area (Å²) in [7, 11) is 0. The summed E-state index contributed by atoms with van der Waals surface area (Å²) in [6.07, 6.45) is 0. The maximum atomic E-state index is 13.1. The number of halogens is 2. The Balaban J connectivity index is 2.65. The summed E-state index contributed by atoms with van der Waals surface area (Å²) in [4.78, 5) is 0. The summed E-state index contributed by atoms with van der Waals surface area (Å²) in [6.45, 7) is 3.74. The van der Waals surface area contributed by atoms with Crippen LogP contribution in [0.4, 0.5) is 4.39 Å². The number of aryl methyl sites for hydroxylation is 1. The van der Waals surface area contributed by atoms with Crippen LogP contribution in [-0.2, 0) is 0 Å². The summed E-state index contributed by atoms with van der Waals surface area (Å²) in [5, 5.41) is 9.03. The fourth-order valence-electron chi connectivity index (χ4n) is 1.90. The Hall–Kier alpha value is -1.79. The van der Waals surface area contributed by atoms with Gasteiger partial charge in [-0.3, -0.25) is 0 Å². The Bertz CT molecular complexity index is 623. The van der Waals surface area contributed by atoms with Gasteiger partial charge in [-0.25, -0.2) is 4.39 Å². The van der Waals surface area contributed by atoms with Gasteiger partial charge in [0.1, 0.15) is 11.9 Å². The highest BCUT2D eigenvalue weighted by atomic mass is 35.5. The molecule has 2 nitrogen and oxygen atoms in total. The molecule has 0 amide bonds. The second kappa shape index (κ2) is 4.23. The molecule has 0 spiro atoms. The number of nitrogens with zero attached hydrogens (tertiary/aromatic N) is 2. The van der Waals surface area contributed by atoms with E-state index in [4.69, 9.17) is 16.9 Å². The number of hydrogen-bond acceptors (Lipinski definition) is 1. The number of benzene rings is 1. The van der Waals surface area contributed by atoms with Crippen molar-refractivity contribution in [2.75, 3.05) is 0 Å². The molecule has 0 aliphatic rings. The summed E-state index contributed by atoms with van der Waals surface area (Å²) in [5.74, 6) is -0.446. The predicted molar refractivity (Wildman–Crippen MR) is 64.9 cm³/mol. The number of hydrogen-bond donors (Lipinski definition) is 0. The lowest BCUT2D eigenvalue weighted by Crippen LogP contribution is -1.99. The first-order chi connectivity index (χ1) is 8.04. The average Bonchev–Trinajstić information content (AvgIpc) is 2.58. The standard InChI is InChI=1S/C13H10ClFN2/c1-8-5-10(7-16)9(2)17(8)11-3-4-13(15)12(14)6-11/h3-6H,1-2H3. The Kier molecular flexibility index (Phi) is 2.91. The molecule has 1 aromatic heterocycles. The highest BCUT2D eigenvalue weighted by Gasteiger charge is 2.11. The maximum absolute atomic E-state index is 13.1. The average molecular weight is 249 g/mol. The van der Waals surface area contributed by atoms with Gasteiger partial charge >= 0.3 is 0 Å². The van der Waals surface area contributed by atoms with E-state index < -0.39 is 5.82 Å². The molecule has 0 unspecified atom stereocenters. The zero-order valence-electron chi connectivity index (χ0n) is 9.46. The Morgan fingerprint density at radius 2 is 2.00 bits per heavy atom. The second-order valence-electron chi connectivity index (χ2n) is 3.83. The first kappa shape index (κ1) is 11.7. The van der Waals surface area contributed by atoms with Gasteiger partial charge in [0, 0.05) is 17.1 Å². The van der Waals surface area contributed by atoms with Gasteiger partial charge in [0.2, 0.25) is 0 Å². The lowest BCUT2D eigenvalue weighted by molar-refractivity contribution is 0.627. The van der Waals surface area contributed by atoms with Crippen molar-refractivity contribution in [3.05, 3.63) is 52.1 Å². The van der Waals surface area contributed by atoms with Gasteiger partial charge in [0.05, 0.1) is 10.6 Å². The van der Waals surface area contributed by atoms with E-state index in [1.54, 1.807) is 18.2 Å². The van der Waals surface area contributed by atoms with Crippen molar-refractivity contribution in [1.82, 2.24) is 4.57 Å². The largest absolute Gasteiger partial charge is 0.317 e. The molecular weight excluding hydrogens is 239 g/mol. The topological polar surface area (TPSA) is 28.7 Å². The summed E-state index contributed by atoms with van der Waals surface area (Å²) >= 11 is 5.76. The molecule has 0 atom stereocenters. The third kappa shape index (κ3) is 1.92. The van der Waals surface area contributed by atoms with E-state index in [0.717, 1.165) is 17.1 Å². The summed E-state index contributed by atoms with van der Waals surface area (Å²) in [5.41, 5.74) is 3.12. The van der Waals surface area contributed by atoms with E-state index in [0.29, 0.717) is 5.56 Å².